The van der Waals surface area contributed by atoms with E-state index in [1.807, 2.05) is 7.05 Å². The molecular formula is C6H14N2O. The van der Waals surface area contributed by atoms with Gasteiger partial charge in [-0.3, -0.25) is 5.32 Å². The van der Waals surface area contributed by atoms with Gasteiger partial charge in [-0.1, -0.05) is 0 Å². The molecule has 0 aromatic carbocycles. The molecule has 3 heteroatoms. The Bertz CT molecular complexity index is 72.0. The van der Waals surface area contributed by atoms with Crippen molar-refractivity contribution in [2.45, 2.75) is 19.2 Å². The van der Waals surface area contributed by atoms with E-state index >= 15 is 0 Å². The van der Waals surface area contributed by atoms with Crippen molar-refractivity contribution in [3.05, 3.63) is 0 Å². The number of nitrogens with one attached hydrogen (secondary N) is 1. The van der Waals surface area contributed by atoms with Gasteiger partial charge < -0.3 is 10.0 Å². The fourth-order valence-corrected chi connectivity index (χ4v) is 1.27. The van der Waals surface area contributed by atoms with Gasteiger partial charge >= 0.3 is 0 Å². The summed E-state index contributed by atoms with van der Waals surface area (Å²) in [6.45, 7) is 3.83. The number of hydrogen-bond acceptors (Lipinski definition) is 3. The monoisotopic (exact) mass is 130 g/mol. The summed E-state index contributed by atoms with van der Waals surface area (Å²) in [4.78, 5) is 2.12. The molecule has 2 N–H and O–H groups in total. The SMILES string of the molecule is C[C@H]1CN(C)CC(O)N1. The number of hydrogen-bond donors (Lipinski definition) is 2. The predicted molar refractivity (Wildman–Crippen MR) is 36.1 cm³/mol. The minimum atomic E-state index is -0.334. The van der Waals surface area contributed by atoms with Crippen LogP contribution in [0.3, 0.4) is 0 Å². The number of aliphatic hydroxyl groups excluding tert-OH is 1. The molecule has 1 heterocycles. The van der Waals surface area contributed by atoms with E-state index in [1.165, 1.54) is 0 Å². The van der Waals surface area contributed by atoms with Crippen LogP contribution in [-0.4, -0.2) is 42.4 Å². The molecule has 0 bridgehead atoms. The van der Waals surface area contributed by atoms with Gasteiger partial charge in [0.2, 0.25) is 0 Å². The van der Waals surface area contributed by atoms with E-state index in [9.17, 15) is 0 Å². The van der Waals surface area contributed by atoms with Crippen LogP contribution >= 0.6 is 0 Å². The molecule has 1 aliphatic rings. The van der Waals surface area contributed by atoms with Crippen molar-refractivity contribution in [3.63, 3.8) is 0 Å². The summed E-state index contributed by atoms with van der Waals surface area (Å²) >= 11 is 0. The number of rotatable bonds is 0. The summed E-state index contributed by atoms with van der Waals surface area (Å²) in [7, 11) is 2.01. The normalized spacial score (nSPS) is 39.0. The molecule has 0 aliphatic carbocycles. The van der Waals surface area contributed by atoms with Crippen LogP contribution in [0.1, 0.15) is 6.92 Å². The molecule has 1 saturated heterocycles. The molecule has 0 aromatic heterocycles. The first-order valence-corrected chi connectivity index (χ1v) is 3.31. The van der Waals surface area contributed by atoms with Gasteiger partial charge in [-0.25, -0.2) is 0 Å². The number of nitrogens with zero attached hydrogens (tertiary/aromatic N) is 1. The molecule has 0 amide bonds. The first kappa shape index (κ1) is 6.99. The second kappa shape index (κ2) is 2.64. The van der Waals surface area contributed by atoms with Crippen molar-refractivity contribution in [2.75, 3.05) is 20.1 Å². The molecule has 9 heavy (non-hydrogen) atoms. The van der Waals surface area contributed by atoms with Crippen molar-refractivity contribution in [3.8, 4) is 0 Å². The lowest BCUT2D eigenvalue weighted by Gasteiger charge is -2.32. The van der Waals surface area contributed by atoms with Crippen LogP contribution in [0.4, 0.5) is 0 Å². The third-order valence-electron chi connectivity index (χ3n) is 1.55. The molecule has 0 radical (unpaired) electrons. The van der Waals surface area contributed by atoms with Gasteiger partial charge in [-0.2, -0.15) is 0 Å². The summed E-state index contributed by atoms with van der Waals surface area (Å²) in [5.41, 5.74) is 0. The fourth-order valence-electron chi connectivity index (χ4n) is 1.27. The van der Waals surface area contributed by atoms with Crippen molar-refractivity contribution in [2.24, 2.45) is 0 Å². The molecule has 1 fully saturated rings. The van der Waals surface area contributed by atoms with E-state index in [0.29, 0.717) is 6.04 Å². The van der Waals surface area contributed by atoms with Crippen LogP contribution in [-0.2, 0) is 0 Å². The van der Waals surface area contributed by atoms with Gasteiger partial charge in [0, 0.05) is 19.1 Å². The topological polar surface area (TPSA) is 35.5 Å². The third kappa shape index (κ3) is 1.93. The maximum atomic E-state index is 9.10. The second-order valence-electron chi connectivity index (χ2n) is 2.80. The largest absolute Gasteiger partial charge is 0.377 e. The molecule has 0 aromatic rings. The van der Waals surface area contributed by atoms with Gasteiger partial charge in [0.05, 0.1) is 0 Å². The maximum absolute atomic E-state index is 9.10. The van der Waals surface area contributed by atoms with Gasteiger partial charge in [-0.15, -0.1) is 0 Å². The summed E-state index contributed by atoms with van der Waals surface area (Å²) in [6.07, 6.45) is -0.334. The summed E-state index contributed by atoms with van der Waals surface area (Å²) in [6, 6.07) is 0.416. The molecule has 0 saturated carbocycles. The minimum Gasteiger partial charge on any atom is -0.377 e. The number of piperazine rings is 1. The van der Waals surface area contributed by atoms with Crippen molar-refractivity contribution in [1.82, 2.24) is 10.2 Å². The fraction of sp³-hybridized carbons (Fsp3) is 1.00. The molecule has 0 spiro atoms. The van der Waals surface area contributed by atoms with Crippen LogP contribution < -0.4 is 5.32 Å². The quantitative estimate of drug-likeness (QED) is 0.452. The summed E-state index contributed by atoms with van der Waals surface area (Å²) < 4.78 is 0. The van der Waals surface area contributed by atoms with Crippen LogP contribution in [0.2, 0.25) is 0 Å². The second-order valence-corrected chi connectivity index (χ2v) is 2.80. The van der Waals surface area contributed by atoms with E-state index in [0.717, 1.165) is 13.1 Å². The smallest absolute Gasteiger partial charge is 0.117 e. The highest BCUT2D eigenvalue weighted by atomic mass is 16.3. The van der Waals surface area contributed by atoms with Crippen molar-refractivity contribution < 1.29 is 5.11 Å². The van der Waals surface area contributed by atoms with Gasteiger partial charge in [0.15, 0.2) is 0 Å². The average Bonchev–Trinajstić information content (AvgIpc) is 1.59. The third-order valence-corrected chi connectivity index (χ3v) is 1.55. The number of aliphatic hydroxyl groups is 1. The number of likely N-dealkylation sites (N-methyl/N-ethyl adjacent to an activating group) is 1. The van der Waals surface area contributed by atoms with Crippen LogP contribution in [0, 0.1) is 0 Å². The van der Waals surface area contributed by atoms with E-state index in [4.69, 9.17) is 5.11 Å². The molecule has 1 unspecified atom stereocenters. The zero-order chi connectivity index (χ0) is 6.85. The molecule has 3 nitrogen and oxygen atoms in total. The molecule has 1 rings (SSSR count). The Kier molecular flexibility index (Phi) is 2.05. The van der Waals surface area contributed by atoms with Crippen LogP contribution in [0.25, 0.3) is 0 Å². The molecular weight excluding hydrogens is 116 g/mol. The van der Waals surface area contributed by atoms with Crippen molar-refractivity contribution in [1.29, 1.82) is 0 Å². The highest BCUT2D eigenvalue weighted by Crippen LogP contribution is 1.97. The average molecular weight is 130 g/mol. The summed E-state index contributed by atoms with van der Waals surface area (Å²) in [5.74, 6) is 0. The Labute approximate surface area is 55.7 Å². The standard InChI is InChI=1S/C6H14N2O/c1-5-3-8(2)4-6(9)7-5/h5-7,9H,3-4H2,1-2H3/t5-,6?/m0/s1. The Hall–Kier alpha value is -0.120. The minimum absolute atomic E-state index is 0.334. The van der Waals surface area contributed by atoms with Gasteiger partial charge in [0.1, 0.15) is 6.23 Å². The lowest BCUT2D eigenvalue weighted by atomic mass is 10.2. The molecule has 54 valence electrons. The van der Waals surface area contributed by atoms with E-state index in [2.05, 4.69) is 17.1 Å². The van der Waals surface area contributed by atoms with Crippen molar-refractivity contribution >= 4 is 0 Å². The van der Waals surface area contributed by atoms with Crippen LogP contribution in [0.5, 0.6) is 0 Å². The zero-order valence-electron chi connectivity index (χ0n) is 5.96. The highest BCUT2D eigenvalue weighted by molar-refractivity contribution is 4.74. The molecule has 2 atom stereocenters. The van der Waals surface area contributed by atoms with Gasteiger partial charge in [0.25, 0.3) is 0 Å². The zero-order valence-corrected chi connectivity index (χ0v) is 5.96. The first-order chi connectivity index (χ1) is 4.18. The highest BCUT2D eigenvalue weighted by Gasteiger charge is 2.18. The van der Waals surface area contributed by atoms with E-state index in [1.54, 1.807) is 0 Å². The summed E-state index contributed by atoms with van der Waals surface area (Å²) in [5, 5.41) is 12.1. The Balaban J connectivity index is 2.34. The Morgan fingerprint density at radius 1 is 1.56 bits per heavy atom. The Morgan fingerprint density at radius 3 is 2.67 bits per heavy atom. The number of β-amino-alcohol motifs (C(OH)–C–C–N with tert-alkyl or cyclic N) is 1. The van der Waals surface area contributed by atoms with E-state index in [-0.39, 0.29) is 6.23 Å². The molecule has 1 aliphatic heterocycles. The maximum Gasteiger partial charge on any atom is 0.117 e. The van der Waals surface area contributed by atoms with Gasteiger partial charge in [-0.05, 0) is 14.0 Å². The first-order valence-electron chi connectivity index (χ1n) is 3.31. The lowest BCUT2D eigenvalue weighted by molar-refractivity contribution is 0.0470. The van der Waals surface area contributed by atoms with E-state index < -0.39 is 0 Å². The Morgan fingerprint density at radius 2 is 2.22 bits per heavy atom. The predicted octanol–water partition coefficient (Wildman–Crippen LogP) is -0.772. The van der Waals surface area contributed by atoms with Crippen LogP contribution in [0.15, 0.2) is 0 Å². The lowest BCUT2D eigenvalue weighted by Crippen LogP contribution is -2.53.